The summed E-state index contributed by atoms with van der Waals surface area (Å²) in [5.74, 6) is -0.439. The molecule has 0 spiro atoms. The number of aliphatic hydroxyl groups excluding tert-OH is 1. The number of esters is 1. The Hall–Kier alpha value is -1.88. The number of nitrogens with zero attached hydrogens (tertiary/aromatic N) is 1. The van der Waals surface area contributed by atoms with E-state index < -0.39 is 12.1 Å². The average Bonchev–Trinajstić information content (AvgIpc) is 2.72. The summed E-state index contributed by atoms with van der Waals surface area (Å²) < 4.78 is 4.51. The Balaban J connectivity index is 2.29. The average molecular weight is 220 g/mol. The zero-order valence-electron chi connectivity index (χ0n) is 8.80. The number of carbonyl (C=O) groups excluding carboxylic acids is 1. The summed E-state index contributed by atoms with van der Waals surface area (Å²) in [5.41, 5.74) is 1.36. The maximum atomic E-state index is 11.0. The van der Waals surface area contributed by atoms with E-state index in [-0.39, 0.29) is 6.42 Å². The van der Waals surface area contributed by atoms with Crippen LogP contribution in [0.3, 0.4) is 0 Å². The van der Waals surface area contributed by atoms with Gasteiger partial charge in [-0.25, -0.2) is 4.98 Å². The van der Waals surface area contributed by atoms with E-state index in [4.69, 9.17) is 0 Å². The highest BCUT2D eigenvalue weighted by atomic mass is 16.5. The molecule has 0 radical (unpaired) electrons. The number of fused-ring (bicyclic) bond motifs is 1. The van der Waals surface area contributed by atoms with Gasteiger partial charge in [-0.05, 0) is 12.1 Å². The van der Waals surface area contributed by atoms with Crippen LogP contribution < -0.4 is 0 Å². The monoisotopic (exact) mass is 220 g/mol. The highest BCUT2D eigenvalue weighted by molar-refractivity contribution is 5.81. The molecule has 0 fully saturated rings. The van der Waals surface area contributed by atoms with Gasteiger partial charge in [0, 0.05) is 23.3 Å². The molecule has 1 unspecified atom stereocenters. The van der Waals surface area contributed by atoms with Crippen LogP contribution in [-0.2, 0) is 9.53 Å². The number of methoxy groups -OCH3 is 1. The summed E-state index contributed by atoms with van der Waals surface area (Å²) in [7, 11) is 1.30. The maximum Gasteiger partial charge on any atom is 0.308 e. The molecule has 2 rings (SSSR count). The number of nitrogens with one attached hydrogen (secondary N) is 1. The van der Waals surface area contributed by atoms with Crippen LogP contribution in [0, 0.1) is 0 Å². The lowest BCUT2D eigenvalue weighted by Gasteiger charge is -2.07. The second-order valence-electron chi connectivity index (χ2n) is 3.44. The van der Waals surface area contributed by atoms with Crippen molar-refractivity contribution in [3.63, 3.8) is 0 Å². The largest absolute Gasteiger partial charge is 0.469 e. The van der Waals surface area contributed by atoms with E-state index in [1.807, 2.05) is 6.07 Å². The number of hydrogen-bond donors (Lipinski definition) is 2. The normalized spacial score (nSPS) is 12.6. The summed E-state index contributed by atoms with van der Waals surface area (Å²) in [5, 5.41) is 10.7. The Kier molecular flexibility index (Phi) is 2.87. The Morgan fingerprint density at radius 2 is 2.50 bits per heavy atom. The van der Waals surface area contributed by atoms with Crippen molar-refractivity contribution in [3.8, 4) is 0 Å². The Morgan fingerprint density at radius 1 is 1.69 bits per heavy atom. The van der Waals surface area contributed by atoms with E-state index in [2.05, 4.69) is 14.7 Å². The number of rotatable bonds is 3. The van der Waals surface area contributed by atoms with Crippen molar-refractivity contribution in [2.24, 2.45) is 0 Å². The van der Waals surface area contributed by atoms with Gasteiger partial charge in [-0.15, -0.1) is 0 Å². The molecule has 5 heteroatoms. The summed E-state index contributed by atoms with van der Waals surface area (Å²) in [6, 6.07) is 3.62. The van der Waals surface area contributed by atoms with Crippen LogP contribution in [0.2, 0.25) is 0 Å². The molecule has 0 amide bonds. The number of aromatic nitrogens is 2. The molecule has 0 saturated heterocycles. The highest BCUT2D eigenvalue weighted by Gasteiger charge is 2.17. The zero-order valence-corrected chi connectivity index (χ0v) is 8.80. The summed E-state index contributed by atoms with van der Waals surface area (Å²) in [6.45, 7) is 0. The molecule has 0 saturated carbocycles. The summed E-state index contributed by atoms with van der Waals surface area (Å²) in [4.78, 5) is 18.1. The van der Waals surface area contributed by atoms with Gasteiger partial charge in [0.2, 0.25) is 0 Å². The van der Waals surface area contributed by atoms with Crippen molar-refractivity contribution in [1.29, 1.82) is 0 Å². The number of aromatic amines is 1. The minimum atomic E-state index is -0.870. The van der Waals surface area contributed by atoms with E-state index in [9.17, 15) is 9.90 Å². The molecule has 0 aliphatic heterocycles. The van der Waals surface area contributed by atoms with E-state index in [1.165, 1.54) is 7.11 Å². The van der Waals surface area contributed by atoms with Crippen LogP contribution in [0.25, 0.3) is 11.0 Å². The van der Waals surface area contributed by atoms with Crippen LogP contribution >= 0.6 is 0 Å². The first-order chi connectivity index (χ1) is 7.72. The number of pyridine rings is 1. The first kappa shape index (κ1) is 10.6. The Bertz CT molecular complexity index is 507. The van der Waals surface area contributed by atoms with Gasteiger partial charge in [0.15, 0.2) is 0 Å². The molecule has 16 heavy (non-hydrogen) atoms. The van der Waals surface area contributed by atoms with Crippen LogP contribution in [-0.4, -0.2) is 28.2 Å². The minimum Gasteiger partial charge on any atom is -0.469 e. The zero-order chi connectivity index (χ0) is 11.5. The van der Waals surface area contributed by atoms with Gasteiger partial charge in [0.1, 0.15) is 5.65 Å². The van der Waals surface area contributed by atoms with Gasteiger partial charge in [0.25, 0.3) is 0 Å². The minimum absolute atomic E-state index is 0.0572. The van der Waals surface area contributed by atoms with E-state index in [1.54, 1.807) is 18.5 Å². The molecule has 1 atom stereocenters. The Labute approximate surface area is 92.1 Å². The lowest BCUT2D eigenvalue weighted by molar-refractivity contribution is -0.142. The fourth-order valence-corrected chi connectivity index (χ4v) is 1.60. The fourth-order valence-electron chi connectivity index (χ4n) is 1.60. The Morgan fingerprint density at radius 3 is 3.25 bits per heavy atom. The van der Waals surface area contributed by atoms with Gasteiger partial charge >= 0.3 is 5.97 Å². The highest BCUT2D eigenvalue weighted by Crippen LogP contribution is 2.24. The second kappa shape index (κ2) is 4.32. The number of carbonyl (C=O) groups is 1. The molecule has 0 aliphatic carbocycles. The van der Waals surface area contributed by atoms with Gasteiger partial charge in [-0.3, -0.25) is 4.79 Å². The van der Waals surface area contributed by atoms with E-state index in [0.29, 0.717) is 11.2 Å². The molecule has 2 N–H and O–H groups in total. The van der Waals surface area contributed by atoms with Crippen molar-refractivity contribution in [2.45, 2.75) is 12.5 Å². The topological polar surface area (TPSA) is 75.2 Å². The quantitative estimate of drug-likeness (QED) is 0.761. The van der Waals surface area contributed by atoms with Crippen LogP contribution in [0.15, 0.2) is 24.5 Å². The van der Waals surface area contributed by atoms with Crippen molar-refractivity contribution < 1.29 is 14.6 Å². The van der Waals surface area contributed by atoms with E-state index >= 15 is 0 Å². The molecular weight excluding hydrogens is 208 g/mol. The molecule has 2 aromatic heterocycles. The van der Waals surface area contributed by atoms with Crippen LogP contribution in [0.5, 0.6) is 0 Å². The van der Waals surface area contributed by atoms with Crippen molar-refractivity contribution >= 4 is 17.0 Å². The lowest BCUT2D eigenvalue weighted by Crippen LogP contribution is -2.07. The number of aliphatic hydroxyl groups is 1. The molecule has 5 nitrogen and oxygen atoms in total. The molecule has 84 valence electrons. The van der Waals surface area contributed by atoms with Crippen molar-refractivity contribution in [2.75, 3.05) is 7.11 Å². The SMILES string of the molecule is COC(=O)CC(O)c1c[nH]c2ncccc12. The molecule has 0 bridgehead atoms. The lowest BCUT2D eigenvalue weighted by atomic mass is 10.1. The third kappa shape index (κ3) is 1.90. The van der Waals surface area contributed by atoms with Gasteiger partial charge in [-0.2, -0.15) is 0 Å². The predicted molar refractivity (Wildman–Crippen MR) is 57.7 cm³/mol. The number of H-pyrrole nitrogens is 1. The summed E-state index contributed by atoms with van der Waals surface area (Å²) in [6.07, 6.45) is 2.39. The molecule has 2 aromatic rings. The van der Waals surface area contributed by atoms with E-state index in [0.717, 1.165) is 5.39 Å². The molecule has 0 aromatic carbocycles. The van der Waals surface area contributed by atoms with Crippen molar-refractivity contribution in [3.05, 3.63) is 30.1 Å². The van der Waals surface area contributed by atoms with Gasteiger partial charge in [0.05, 0.1) is 19.6 Å². The molecule has 2 heterocycles. The first-order valence-electron chi connectivity index (χ1n) is 4.89. The van der Waals surface area contributed by atoms with Gasteiger partial charge < -0.3 is 14.8 Å². The smallest absolute Gasteiger partial charge is 0.308 e. The van der Waals surface area contributed by atoms with Crippen LogP contribution in [0.1, 0.15) is 18.1 Å². The third-order valence-corrected chi connectivity index (χ3v) is 2.43. The maximum absolute atomic E-state index is 11.0. The second-order valence-corrected chi connectivity index (χ2v) is 3.44. The number of hydrogen-bond acceptors (Lipinski definition) is 4. The van der Waals surface area contributed by atoms with Crippen molar-refractivity contribution in [1.82, 2.24) is 9.97 Å². The first-order valence-corrected chi connectivity index (χ1v) is 4.89. The molecular formula is C11H12N2O3. The van der Waals surface area contributed by atoms with Crippen LogP contribution in [0.4, 0.5) is 0 Å². The third-order valence-electron chi connectivity index (χ3n) is 2.43. The molecule has 0 aliphatic rings. The number of ether oxygens (including phenoxy) is 1. The predicted octanol–water partition coefficient (Wildman–Crippen LogP) is 1.16. The fraction of sp³-hybridized carbons (Fsp3) is 0.273. The van der Waals surface area contributed by atoms with Gasteiger partial charge in [-0.1, -0.05) is 0 Å². The standard InChI is InChI=1S/C11H12N2O3/c1-16-10(15)5-9(14)8-6-13-11-7(8)3-2-4-12-11/h2-4,6,9,14H,5H2,1H3,(H,12,13). The summed E-state index contributed by atoms with van der Waals surface area (Å²) >= 11 is 0.